The van der Waals surface area contributed by atoms with Gasteiger partial charge in [0.15, 0.2) is 5.96 Å². The molecule has 0 radical (unpaired) electrons. The van der Waals surface area contributed by atoms with Crippen molar-refractivity contribution in [3.63, 3.8) is 0 Å². The van der Waals surface area contributed by atoms with Crippen molar-refractivity contribution in [3.8, 4) is 0 Å². The largest absolute Gasteiger partial charge is 0.370 e. The summed E-state index contributed by atoms with van der Waals surface area (Å²) in [7, 11) is 0. The summed E-state index contributed by atoms with van der Waals surface area (Å²) in [5.41, 5.74) is 6.96. The molecular weight excluding hydrogens is 286 g/mol. The summed E-state index contributed by atoms with van der Waals surface area (Å²) < 4.78 is 0. The molecule has 0 aliphatic carbocycles. The summed E-state index contributed by atoms with van der Waals surface area (Å²) in [6, 6.07) is 5.95. The highest BCUT2D eigenvalue weighted by atomic mass is 15.1. The van der Waals surface area contributed by atoms with E-state index >= 15 is 0 Å². The summed E-state index contributed by atoms with van der Waals surface area (Å²) in [6.45, 7) is 7.68. The zero-order valence-electron chi connectivity index (χ0n) is 14.4. The standard InChI is InChI=1S/C18H31N5/c1-16-7-6-14-23(15-16)13-5-4-11-21-18(19)22-12-9-17-8-2-3-10-20-17/h2-3,8,10,16H,4-7,9,11-15H2,1H3,(H3,19,21,22). The van der Waals surface area contributed by atoms with E-state index in [1.54, 1.807) is 0 Å². The second kappa shape index (κ2) is 10.2. The van der Waals surface area contributed by atoms with Crippen molar-refractivity contribution in [2.75, 3.05) is 32.7 Å². The first kappa shape index (κ1) is 17.7. The number of aromatic nitrogens is 1. The van der Waals surface area contributed by atoms with E-state index < -0.39 is 0 Å². The molecule has 0 amide bonds. The number of piperidine rings is 1. The number of aliphatic imine (C=N–C) groups is 1. The van der Waals surface area contributed by atoms with E-state index in [1.807, 2.05) is 24.4 Å². The summed E-state index contributed by atoms with van der Waals surface area (Å²) in [5, 5.41) is 3.15. The van der Waals surface area contributed by atoms with E-state index in [1.165, 1.54) is 38.9 Å². The molecule has 1 unspecified atom stereocenters. The Morgan fingerprint density at radius 1 is 1.43 bits per heavy atom. The second-order valence-corrected chi connectivity index (χ2v) is 6.52. The highest BCUT2D eigenvalue weighted by molar-refractivity contribution is 5.77. The summed E-state index contributed by atoms with van der Waals surface area (Å²) in [4.78, 5) is 11.3. The number of hydrogen-bond donors (Lipinski definition) is 2. The zero-order chi connectivity index (χ0) is 16.3. The third kappa shape index (κ3) is 7.46. The molecule has 1 saturated heterocycles. The molecule has 23 heavy (non-hydrogen) atoms. The van der Waals surface area contributed by atoms with E-state index in [4.69, 9.17) is 5.73 Å². The van der Waals surface area contributed by atoms with Crippen LogP contribution in [0.2, 0.25) is 0 Å². The highest BCUT2D eigenvalue weighted by Crippen LogP contribution is 2.15. The molecule has 1 fully saturated rings. The molecule has 5 nitrogen and oxygen atoms in total. The van der Waals surface area contributed by atoms with Gasteiger partial charge in [0.2, 0.25) is 0 Å². The summed E-state index contributed by atoms with van der Waals surface area (Å²) >= 11 is 0. The van der Waals surface area contributed by atoms with Gasteiger partial charge in [-0.1, -0.05) is 13.0 Å². The average Bonchev–Trinajstić information content (AvgIpc) is 2.55. The van der Waals surface area contributed by atoms with Crippen molar-refractivity contribution in [2.45, 2.75) is 39.0 Å². The van der Waals surface area contributed by atoms with E-state index in [2.05, 4.69) is 27.1 Å². The third-order valence-corrected chi connectivity index (χ3v) is 4.32. The lowest BCUT2D eigenvalue weighted by atomic mass is 10.0. The molecule has 1 aromatic rings. The van der Waals surface area contributed by atoms with Crippen LogP contribution in [0.25, 0.3) is 0 Å². The topological polar surface area (TPSA) is 66.5 Å². The SMILES string of the molecule is CC1CCCN(CCCCN=C(N)NCCc2ccccn2)C1. The fourth-order valence-corrected chi connectivity index (χ4v) is 3.06. The van der Waals surface area contributed by atoms with Crippen molar-refractivity contribution in [1.29, 1.82) is 0 Å². The number of nitrogens with zero attached hydrogens (tertiary/aromatic N) is 3. The Hall–Kier alpha value is -1.62. The molecule has 1 aromatic heterocycles. The first-order chi connectivity index (χ1) is 11.2. The van der Waals surface area contributed by atoms with Crippen LogP contribution in [0.5, 0.6) is 0 Å². The van der Waals surface area contributed by atoms with Gasteiger partial charge in [-0.2, -0.15) is 0 Å². The molecular formula is C18H31N5. The van der Waals surface area contributed by atoms with Crippen molar-refractivity contribution in [1.82, 2.24) is 15.2 Å². The van der Waals surface area contributed by atoms with Gasteiger partial charge in [-0.15, -0.1) is 0 Å². The Labute approximate surface area is 140 Å². The summed E-state index contributed by atoms with van der Waals surface area (Å²) in [5.74, 6) is 1.41. The number of nitrogens with one attached hydrogen (secondary N) is 1. The molecule has 2 rings (SSSR count). The van der Waals surface area contributed by atoms with Gasteiger partial charge in [0.05, 0.1) is 0 Å². The predicted molar refractivity (Wildman–Crippen MR) is 96.5 cm³/mol. The molecule has 1 atom stereocenters. The zero-order valence-corrected chi connectivity index (χ0v) is 14.4. The number of likely N-dealkylation sites (tertiary alicyclic amines) is 1. The van der Waals surface area contributed by atoms with Gasteiger partial charge in [0.25, 0.3) is 0 Å². The molecule has 3 N–H and O–H groups in total. The van der Waals surface area contributed by atoms with E-state index in [0.29, 0.717) is 5.96 Å². The van der Waals surface area contributed by atoms with Crippen molar-refractivity contribution < 1.29 is 0 Å². The van der Waals surface area contributed by atoms with Crippen LogP contribution in [0.4, 0.5) is 0 Å². The van der Waals surface area contributed by atoms with Gasteiger partial charge in [0.1, 0.15) is 0 Å². The minimum atomic E-state index is 0.549. The maximum absolute atomic E-state index is 5.89. The Morgan fingerprint density at radius 2 is 2.35 bits per heavy atom. The molecule has 1 aliphatic heterocycles. The molecule has 2 heterocycles. The van der Waals surface area contributed by atoms with E-state index in [9.17, 15) is 0 Å². The van der Waals surface area contributed by atoms with Gasteiger partial charge in [0, 0.05) is 37.9 Å². The molecule has 0 bridgehead atoms. The number of hydrogen-bond acceptors (Lipinski definition) is 3. The van der Waals surface area contributed by atoms with Crippen LogP contribution in [0.1, 0.15) is 38.3 Å². The van der Waals surface area contributed by atoms with Gasteiger partial charge < -0.3 is 16.0 Å². The van der Waals surface area contributed by atoms with E-state index in [0.717, 1.165) is 37.5 Å². The second-order valence-electron chi connectivity index (χ2n) is 6.52. The number of rotatable bonds is 8. The van der Waals surface area contributed by atoms with Crippen LogP contribution in [0.3, 0.4) is 0 Å². The highest BCUT2D eigenvalue weighted by Gasteiger charge is 2.15. The first-order valence-electron chi connectivity index (χ1n) is 8.90. The van der Waals surface area contributed by atoms with Gasteiger partial charge >= 0.3 is 0 Å². The number of guanidine groups is 1. The molecule has 1 aliphatic rings. The molecule has 5 heteroatoms. The third-order valence-electron chi connectivity index (χ3n) is 4.32. The smallest absolute Gasteiger partial charge is 0.188 e. The quantitative estimate of drug-likeness (QED) is 0.437. The predicted octanol–water partition coefficient (Wildman–Crippen LogP) is 2.04. The monoisotopic (exact) mass is 317 g/mol. The minimum absolute atomic E-state index is 0.549. The number of nitrogens with two attached hydrogens (primary N) is 1. The van der Waals surface area contributed by atoms with Crippen molar-refractivity contribution in [3.05, 3.63) is 30.1 Å². The van der Waals surface area contributed by atoms with Gasteiger partial charge in [-0.25, -0.2) is 0 Å². The lowest BCUT2D eigenvalue weighted by Gasteiger charge is -2.30. The van der Waals surface area contributed by atoms with Crippen LogP contribution in [0.15, 0.2) is 29.4 Å². The summed E-state index contributed by atoms with van der Waals surface area (Å²) in [6.07, 6.45) is 7.74. The lowest BCUT2D eigenvalue weighted by molar-refractivity contribution is 0.181. The van der Waals surface area contributed by atoms with Crippen molar-refractivity contribution in [2.24, 2.45) is 16.6 Å². The van der Waals surface area contributed by atoms with Crippen molar-refractivity contribution >= 4 is 5.96 Å². The lowest BCUT2D eigenvalue weighted by Crippen LogP contribution is -2.35. The van der Waals surface area contributed by atoms with Crippen LogP contribution in [0, 0.1) is 5.92 Å². The Kier molecular flexibility index (Phi) is 7.87. The van der Waals surface area contributed by atoms with Crippen LogP contribution in [-0.2, 0) is 6.42 Å². The molecule has 0 aromatic carbocycles. The maximum atomic E-state index is 5.89. The molecule has 0 saturated carbocycles. The Morgan fingerprint density at radius 3 is 3.13 bits per heavy atom. The normalized spacial score (nSPS) is 19.7. The Balaban J connectivity index is 1.51. The average molecular weight is 317 g/mol. The van der Waals surface area contributed by atoms with Gasteiger partial charge in [-0.05, 0) is 56.8 Å². The fraction of sp³-hybridized carbons (Fsp3) is 0.667. The van der Waals surface area contributed by atoms with Crippen LogP contribution >= 0.6 is 0 Å². The first-order valence-corrected chi connectivity index (χ1v) is 8.90. The fourth-order valence-electron chi connectivity index (χ4n) is 3.06. The maximum Gasteiger partial charge on any atom is 0.188 e. The number of pyridine rings is 1. The minimum Gasteiger partial charge on any atom is -0.370 e. The van der Waals surface area contributed by atoms with E-state index in [-0.39, 0.29) is 0 Å². The van der Waals surface area contributed by atoms with Crippen LogP contribution in [-0.4, -0.2) is 48.6 Å². The van der Waals surface area contributed by atoms with Crippen LogP contribution < -0.4 is 11.1 Å². The van der Waals surface area contributed by atoms with Gasteiger partial charge in [-0.3, -0.25) is 9.98 Å². The Bertz CT molecular complexity index is 460. The molecule has 128 valence electrons. The number of unbranched alkanes of at least 4 members (excludes halogenated alkanes) is 1. The molecule has 0 spiro atoms.